The number of aliphatic hydroxyl groups is 1. The second kappa shape index (κ2) is 3.20. The Morgan fingerprint density at radius 2 is 2.23 bits per heavy atom. The SMILES string of the molecule is CC(O)c1ccc2c(c1Br)OCO2. The number of halogens is 1. The topological polar surface area (TPSA) is 38.7 Å². The Kier molecular flexibility index (Phi) is 2.17. The summed E-state index contributed by atoms with van der Waals surface area (Å²) in [6, 6.07) is 3.62. The predicted octanol–water partition coefficient (Wildman–Crippen LogP) is 2.23. The molecule has 1 heterocycles. The van der Waals surface area contributed by atoms with Gasteiger partial charge in [-0.05, 0) is 34.5 Å². The van der Waals surface area contributed by atoms with Gasteiger partial charge >= 0.3 is 0 Å². The van der Waals surface area contributed by atoms with Gasteiger partial charge in [-0.3, -0.25) is 0 Å². The third kappa shape index (κ3) is 1.40. The van der Waals surface area contributed by atoms with Gasteiger partial charge in [0.2, 0.25) is 6.79 Å². The van der Waals surface area contributed by atoms with Crippen molar-refractivity contribution < 1.29 is 14.6 Å². The normalized spacial score (nSPS) is 15.9. The summed E-state index contributed by atoms with van der Waals surface area (Å²) in [6.07, 6.45) is -0.510. The van der Waals surface area contributed by atoms with Crippen molar-refractivity contribution in [2.45, 2.75) is 13.0 Å². The molecule has 0 aromatic heterocycles. The zero-order valence-electron chi connectivity index (χ0n) is 7.08. The first-order valence-corrected chi connectivity index (χ1v) is 4.75. The maximum atomic E-state index is 9.41. The van der Waals surface area contributed by atoms with E-state index in [9.17, 15) is 5.11 Å². The summed E-state index contributed by atoms with van der Waals surface area (Å²) in [5, 5.41) is 9.41. The highest BCUT2D eigenvalue weighted by molar-refractivity contribution is 9.10. The van der Waals surface area contributed by atoms with Gasteiger partial charge in [-0.2, -0.15) is 0 Å². The van der Waals surface area contributed by atoms with E-state index in [1.165, 1.54) is 0 Å². The molecule has 0 fully saturated rings. The maximum Gasteiger partial charge on any atom is 0.231 e. The Hall–Kier alpha value is -0.740. The lowest BCUT2D eigenvalue weighted by Crippen LogP contribution is -1.94. The van der Waals surface area contributed by atoms with E-state index < -0.39 is 6.10 Å². The second-order valence-corrected chi connectivity index (χ2v) is 3.67. The van der Waals surface area contributed by atoms with E-state index in [1.807, 2.05) is 6.07 Å². The van der Waals surface area contributed by atoms with Gasteiger partial charge in [0.25, 0.3) is 0 Å². The van der Waals surface area contributed by atoms with Gasteiger partial charge in [0.05, 0.1) is 10.6 Å². The first-order valence-electron chi connectivity index (χ1n) is 3.96. The summed E-state index contributed by atoms with van der Waals surface area (Å²) in [5.41, 5.74) is 0.809. The third-order valence-electron chi connectivity index (χ3n) is 1.96. The van der Waals surface area contributed by atoms with Crippen molar-refractivity contribution in [2.24, 2.45) is 0 Å². The van der Waals surface area contributed by atoms with Crippen LogP contribution in [0.4, 0.5) is 0 Å². The van der Waals surface area contributed by atoms with Gasteiger partial charge in [0, 0.05) is 0 Å². The van der Waals surface area contributed by atoms with Crippen molar-refractivity contribution in [3.8, 4) is 11.5 Å². The summed E-state index contributed by atoms with van der Waals surface area (Å²) in [7, 11) is 0. The van der Waals surface area contributed by atoms with E-state index >= 15 is 0 Å². The van der Waals surface area contributed by atoms with Crippen molar-refractivity contribution >= 4 is 15.9 Å². The van der Waals surface area contributed by atoms with Crippen LogP contribution in [0.25, 0.3) is 0 Å². The summed E-state index contributed by atoms with van der Waals surface area (Å²) < 4.78 is 11.2. The van der Waals surface area contributed by atoms with E-state index in [0.29, 0.717) is 5.75 Å². The minimum atomic E-state index is -0.510. The highest BCUT2D eigenvalue weighted by Crippen LogP contribution is 2.42. The number of benzene rings is 1. The number of rotatable bonds is 1. The van der Waals surface area contributed by atoms with E-state index in [-0.39, 0.29) is 6.79 Å². The van der Waals surface area contributed by atoms with Crippen LogP contribution >= 0.6 is 15.9 Å². The van der Waals surface area contributed by atoms with Gasteiger partial charge < -0.3 is 14.6 Å². The van der Waals surface area contributed by atoms with Crippen LogP contribution in [-0.4, -0.2) is 11.9 Å². The maximum absolute atomic E-state index is 9.41. The molecule has 0 spiro atoms. The van der Waals surface area contributed by atoms with Crippen LogP contribution in [0, 0.1) is 0 Å². The quantitative estimate of drug-likeness (QED) is 0.824. The fraction of sp³-hybridized carbons (Fsp3) is 0.333. The molecule has 0 bridgehead atoms. The summed E-state index contributed by atoms with van der Waals surface area (Å²) in [6.45, 7) is 1.96. The summed E-state index contributed by atoms with van der Waals surface area (Å²) in [4.78, 5) is 0. The van der Waals surface area contributed by atoms with E-state index in [4.69, 9.17) is 9.47 Å². The summed E-state index contributed by atoms with van der Waals surface area (Å²) in [5.74, 6) is 1.40. The Bertz CT molecular complexity index is 336. The van der Waals surface area contributed by atoms with Gasteiger partial charge in [-0.1, -0.05) is 6.07 Å². The van der Waals surface area contributed by atoms with Crippen molar-refractivity contribution in [3.05, 3.63) is 22.2 Å². The molecule has 4 heteroatoms. The van der Waals surface area contributed by atoms with Crippen molar-refractivity contribution in [3.63, 3.8) is 0 Å². The zero-order chi connectivity index (χ0) is 9.42. The Balaban J connectivity index is 2.52. The third-order valence-corrected chi connectivity index (χ3v) is 2.78. The molecule has 70 valence electrons. The van der Waals surface area contributed by atoms with Crippen molar-refractivity contribution in [1.29, 1.82) is 0 Å². The van der Waals surface area contributed by atoms with Crippen LogP contribution in [0.5, 0.6) is 11.5 Å². The fourth-order valence-electron chi connectivity index (χ4n) is 1.28. The second-order valence-electron chi connectivity index (χ2n) is 2.88. The minimum absolute atomic E-state index is 0.247. The molecule has 1 aliphatic heterocycles. The summed E-state index contributed by atoms with van der Waals surface area (Å²) >= 11 is 3.37. The molecular formula is C9H9BrO3. The Morgan fingerprint density at radius 3 is 2.92 bits per heavy atom. The van der Waals surface area contributed by atoms with Crippen molar-refractivity contribution in [1.82, 2.24) is 0 Å². The number of hydrogen-bond acceptors (Lipinski definition) is 3. The fourth-order valence-corrected chi connectivity index (χ4v) is 2.05. The molecular weight excluding hydrogens is 236 g/mol. The Labute approximate surface area is 84.4 Å². The first-order chi connectivity index (χ1) is 6.20. The van der Waals surface area contributed by atoms with Gasteiger partial charge in [-0.15, -0.1) is 0 Å². The molecule has 1 atom stereocenters. The lowest BCUT2D eigenvalue weighted by atomic mass is 10.1. The molecule has 2 rings (SSSR count). The number of fused-ring (bicyclic) bond motifs is 1. The predicted molar refractivity (Wildman–Crippen MR) is 50.9 cm³/mol. The molecule has 1 aliphatic rings. The van der Waals surface area contributed by atoms with Gasteiger partial charge in [-0.25, -0.2) is 0 Å². The van der Waals surface area contributed by atoms with Crippen LogP contribution in [0.1, 0.15) is 18.6 Å². The van der Waals surface area contributed by atoms with E-state index in [2.05, 4.69) is 15.9 Å². The van der Waals surface area contributed by atoms with E-state index in [0.717, 1.165) is 15.8 Å². The molecule has 1 N–H and O–H groups in total. The van der Waals surface area contributed by atoms with Crippen LogP contribution < -0.4 is 9.47 Å². The average Bonchev–Trinajstić information content (AvgIpc) is 2.52. The smallest absolute Gasteiger partial charge is 0.231 e. The standard InChI is InChI=1S/C9H9BrO3/c1-5(11)6-2-3-7-9(8(6)10)13-4-12-7/h2-3,5,11H,4H2,1H3. The van der Waals surface area contributed by atoms with Gasteiger partial charge in [0.1, 0.15) is 0 Å². The highest BCUT2D eigenvalue weighted by Gasteiger charge is 2.20. The molecule has 3 nitrogen and oxygen atoms in total. The molecule has 0 amide bonds. The van der Waals surface area contributed by atoms with E-state index in [1.54, 1.807) is 13.0 Å². The first kappa shape index (κ1) is 8.84. The highest BCUT2D eigenvalue weighted by atomic mass is 79.9. The molecule has 0 radical (unpaired) electrons. The lowest BCUT2D eigenvalue weighted by Gasteiger charge is -2.08. The molecule has 0 saturated carbocycles. The molecule has 1 aromatic carbocycles. The van der Waals surface area contributed by atoms with Crippen LogP contribution in [-0.2, 0) is 0 Å². The molecule has 1 aromatic rings. The molecule has 1 unspecified atom stereocenters. The minimum Gasteiger partial charge on any atom is -0.454 e. The van der Waals surface area contributed by atoms with Crippen molar-refractivity contribution in [2.75, 3.05) is 6.79 Å². The monoisotopic (exact) mass is 244 g/mol. The largest absolute Gasteiger partial charge is 0.454 e. The average molecular weight is 245 g/mol. The van der Waals surface area contributed by atoms with Crippen LogP contribution in [0.15, 0.2) is 16.6 Å². The number of ether oxygens (including phenoxy) is 2. The number of hydrogen-bond donors (Lipinski definition) is 1. The molecule has 13 heavy (non-hydrogen) atoms. The van der Waals surface area contributed by atoms with Crippen LogP contribution in [0.3, 0.4) is 0 Å². The molecule has 0 saturated heterocycles. The van der Waals surface area contributed by atoms with Crippen LogP contribution in [0.2, 0.25) is 0 Å². The van der Waals surface area contributed by atoms with Gasteiger partial charge in [0.15, 0.2) is 11.5 Å². The lowest BCUT2D eigenvalue weighted by molar-refractivity contribution is 0.172. The zero-order valence-corrected chi connectivity index (χ0v) is 8.67. The Morgan fingerprint density at radius 1 is 1.46 bits per heavy atom. The number of aliphatic hydroxyl groups excluding tert-OH is 1. The molecule has 0 aliphatic carbocycles.